The summed E-state index contributed by atoms with van der Waals surface area (Å²) < 4.78 is 5.38. The van der Waals surface area contributed by atoms with E-state index in [9.17, 15) is 0 Å². The maximum atomic E-state index is 5.38. The van der Waals surface area contributed by atoms with E-state index in [1.807, 2.05) is 11.8 Å². The number of hydrogen-bond donors (Lipinski definition) is 0. The summed E-state index contributed by atoms with van der Waals surface area (Å²) in [6.45, 7) is 2.21. The van der Waals surface area contributed by atoms with Crippen molar-refractivity contribution in [1.29, 1.82) is 0 Å². The first-order valence-electron chi connectivity index (χ1n) is 3.53. The molecule has 1 aliphatic heterocycles. The van der Waals surface area contributed by atoms with E-state index in [1.165, 1.54) is 18.6 Å². The molecule has 2 heteroatoms. The standard InChI is InChI=1S/C7H14OS/c1-3-4-6-7(8-6)5-9-2/h6-7H,3-5H2,1-2H3/t6-,7-/m0/s1. The maximum absolute atomic E-state index is 5.38. The minimum absolute atomic E-state index is 0.597. The lowest BCUT2D eigenvalue weighted by Crippen LogP contribution is -1.95. The van der Waals surface area contributed by atoms with Gasteiger partial charge in [-0.15, -0.1) is 0 Å². The highest BCUT2D eigenvalue weighted by Crippen LogP contribution is 2.28. The number of rotatable bonds is 4. The third-order valence-electron chi connectivity index (χ3n) is 1.59. The molecule has 54 valence electrons. The minimum Gasteiger partial charge on any atom is -0.369 e. The fourth-order valence-electron chi connectivity index (χ4n) is 1.03. The molecular weight excluding hydrogens is 132 g/mol. The van der Waals surface area contributed by atoms with Crippen LogP contribution in [0.2, 0.25) is 0 Å². The van der Waals surface area contributed by atoms with E-state index in [0.29, 0.717) is 12.2 Å². The third-order valence-corrected chi connectivity index (χ3v) is 2.25. The number of hydrogen-bond acceptors (Lipinski definition) is 2. The van der Waals surface area contributed by atoms with Crippen LogP contribution in [0, 0.1) is 0 Å². The van der Waals surface area contributed by atoms with Gasteiger partial charge in [-0.1, -0.05) is 13.3 Å². The van der Waals surface area contributed by atoms with Crippen molar-refractivity contribution in [2.75, 3.05) is 12.0 Å². The Kier molecular flexibility index (Phi) is 2.86. The Bertz CT molecular complexity index is 75.0. The summed E-state index contributed by atoms with van der Waals surface area (Å²) in [5.74, 6) is 1.19. The van der Waals surface area contributed by atoms with E-state index < -0.39 is 0 Å². The van der Waals surface area contributed by atoms with Crippen molar-refractivity contribution in [3.8, 4) is 0 Å². The zero-order valence-corrected chi connectivity index (χ0v) is 6.91. The number of epoxide rings is 1. The molecule has 0 radical (unpaired) electrons. The molecule has 0 spiro atoms. The molecule has 0 aliphatic carbocycles. The van der Waals surface area contributed by atoms with Crippen LogP contribution in [0.1, 0.15) is 19.8 Å². The second kappa shape index (κ2) is 3.47. The molecule has 9 heavy (non-hydrogen) atoms. The van der Waals surface area contributed by atoms with Crippen molar-refractivity contribution >= 4 is 11.8 Å². The third kappa shape index (κ3) is 2.18. The second-order valence-corrected chi connectivity index (χ2v) is 3.37. The summed E-state index contributed by atoms with van der Waals surface area (Å²) in [6, 6.07) is 0. The Labute approximate surface area is 61.2 Å². The quantitative estimate of drug-likeness (QED) is 0.562. The number of ether oxygens (including phenoxy) is 1. The van der Waals surface area contributed by atoms with E-state index in [1.54, 1.807) is 0 Å². The van der Waals surface area contributed by atoms with Crippen LogP contribution in [0.3, 0.4) is 0 Å². The zero-order valence-electron chi connectivity index (χ0n) is 6.09. The highest BCUT2D eigenvalue weighted by atomic mass is 32.2. The summed E-state index contributed by atoms with van der Waals surface area (Å²) in [5.41, 5.74) is 0. The molecule has 1 aliphatic rings. The van der Waals surface area contributed by atoms with Crippen molar-refractivity contribution < 1.29 is 4.74 Å². The van der Waals surface area contributed by atoms with Gasteiger partial charge in [0, 0.05) is 5.75 Å². The molecule has 1 saturated heterocycles. The van der Waals surface area contributed by atoms with Crippen molar-refractivity contribution in [3.63, 3.8) is 0 Å². The Balaban J connectivity index is 1.96. The zero-order chi connectivity index (χ0) is 6.69. The van der Waals surface area contributed by atoms with Gasteiger partial charge >= 0.3 is 0 Å². The van der Waals surface area contributed by atoms with Crippen LogP contribution >= 0.6 is 11.8 Å². The minimum atomic E-state index is 0.597. The highest BCUT2D eigenvalue weighted by molar-refractivity contribution is 7.98. The average Bonchev–Trinajstić information content (AvgIpc) is 2.50. The molecule has 1 fully saturated rings. The van der Waals surface area contributed by atoms with E-state index in [-0.39, 0.29) is 0 Å². The molecule has 1 nitrogen and oxygen atoms in total. The van der Waals surface area contributed by atoms with Gasteiger partial charge in [0.2, 0.25) is 0 Å². The van der Waals surface area contributed by atoms with Crippen molar-refractivity contribution in [2.24, 2.45) is 0 Å². The predicted octanol–water partition coefficient (Wildman–Crippen LogP) is 1.92. The highest BCUT2D eigenvalue weighted by Gasteiger charge is 2.36. The molecule has 0 unspecified atom stereocenters. The summed E-state index contributed by atoms with van der Waals surface area (Å²) in [7, 11) is 0. The molecule has 0 amide bonds. The van der Waals surface area contributed by atoms with Gasteiger partial charge in [-0.05, 0) is 12.7 Å². The Morgan fingerprint density at radius 1 is 1.44 bits per heavy atom. The topological polar surface area (TPSA) is 12.5 Å². The predicted molar refractivity (Wildman–Crippen MR) is 42.0 cm³/mol. The van der Waals surface area contributed by atoms with Crippen LogP contribution in [0.5, 0.6) is 0 Å². The summed E-state index contributed by atoms with van der Waals surface area (Å²) in [4.78, 5) is 0. The van der Waals surface area contributed by atoms with Crippen molar-refractivity contribution in [3.05, 3.63) is 0 Å². The number of thioether (sulfide) groups is 1. The molecule has 0 bridgehead atoms. The monoisotopic (exact) mass is 146 g/mol. The maximum Gasteiger partial charge on any atom is 0.0931 e. The van der Waals surface area contributed by atoms with Crippen LogP contribution in [-0.2, 0) is 4.74 Å². The lowest BCUT2D eigenvalue weighted by atomic mass is 10.2. The molecule has 1 rings (SSSR count). The lowest BCUT2D eigenvalue weighted by molar-refractivity contribution is 0.371. The molecule has 0 aromatic heterocycles. The fourth-order valence-corrected chi connectivity index (χ4v) is 1.65. The smallest absolute Gasteiger partial charge is 0.0931 e. The first-order valence-corrected chi connectivity index (χ1v) is 4.92. The van der Waals surface area contributed by atoms with Crippen LogP contribution in [0.15, 0.2) is 0 Å². The second-order valence-electron chi connectivity index (χ2n) is 2.46. The lowest BCUT2D eigenvalue weighted by Gasteiger charge is -1.87. The Morgan fingerprint density at radius 2 is 2.22 bits per heavy atom. The molecule has 0 N–H and O–H groups in total. The van der Waals surface area contributed by atoms with E-state index in [4.69, 9.17) is 4.74 Å². The van der Waals surface area contributed by atoms with Gasteiger partial charge in [0.1, 0.15) is 0 Å². The molecule has 0 aromatic carbocycles. The van der Waals surface area contributed by atoms with Gasteiger partial charge < -0.3 is 4.74 Å². The van der Waals surface area contributed by atoms with Gasteiger partial charge in [0.15, 0.2) is 0 Å². The first kappa shape index (κ1) is 7.42. The van der Waals surface area contributed by atoms with Gasteiger partial charge in [0.25, 0.3) is 0 Å². The van der Waals surface area contributed by atoms with E-state index in [2.05, 4.69) is 13.2 Å². The normalized spacial score (nSPS) is 32.7. The van der Waals surface area contributed by atoms with Gasteiger partial charge in [0.05, 0.1) is 12.2 Å². The molecular formula is C7H14OS. The van der Waals surface area contributed by atoms with Crippen molar-refractivity contribution in [2.45, 2.75) is 32.0 Å². The first-order chi connectivity index (χ1) is 4.38. The van der Waals surface area contributed by atoms with Crippen LogP contribution in [-0.4, -0.2) is 24.2 Å². The summed E-state index contributed by atoms with van der Waals surface area (Å²) in [5, 5.41) is 0. The molecule has 0 saturated carbocycles. The Hall–Kier alpha value is 0.310. The van der Waals surface area contributed by atoms with Gasteiger partial charge in [-0.2, -0.15) is 11.8 Å². The SMILES string of the molecule is CCC[C@@H]1O[C@H]1CSC. The van der Waals surface area contributed by atoms with Crippen LogP contribution in [0.4, 0.5) is 0 Å². The van der Waals surface area contributed by atoms with Crippen LogP contribution in [0.25, 0.3) is 0 Å². The van der Waals surface area contributed by atoms with Gasteiger partial charge in [-0.3, -0.25) is 0 Å². The molecule has 1 heterocycles. The van der Waals surface area contributed by atoms with Crippen LogP contribution < -0.4 is 0 Å². The fraction of sp³-hybridized carbons (Fsp3) is 1.00. The van der Waals surface area contributed by atoms with E-state index in [0.717, 1.165) is 0 Å². The van der Waals surface area contributed by atoms with Crippen molar-refractivity contribution in [1.82, 2.24) is 0 Å². The largest absolute Gasteiger partial charge is 0.369 e. The average molecular weight is 146 g/mol. The molecule has 0 aromatic rings. The summed E-state index contributed by atoms with van der Waals surface area (Å²) >= 11 is 1.88. The summed E-state index contributed by atoms with van der Waals surface area (Å²) in [6.07, 6.45) is 5.85. The van der Waals surface area contributed by atoms with Gasteiger partial charge in [-0.25, -0.2) is 0 Å². The van der Waals surface area contributed by atoms with E-state index >= 15 is 0 Å². The Morgan fingerprint density at radius 3 is 2.78 bits per heavy atom. The molecule has 2 atom stereocenters.